The van der Waals surface area contributed by atoms with Crippen molar-refractivity contribution in [2.45, 2.75) is 71.3 Å². The molecular weight excluding hydrogens is 360 g/mol. The van der Waals surface area contributed by atoms with Gasteiger partial charge in [0.25, 0.3) is 0 Å². The molecule has 0 saturated heterocycles. The Balaban J connectivity index is 0.000000298. The van der Waals surface area contributed by atoms with Crippen molar-refractivity contribution in [3.05, 3.63) is 71.8 Å². The lowest BCUT2D eigenvalue weighted by molar-refractivity contribution is 0.0747. The molecule has 0 fully saturated rings. The van der Waals surface area contributed by atoms with Crippen LogP contribution in [0, 0.1) is 0 Å². The van der Waals surface area contributed by atoms with E-state index in [2.05, 4.69) is 13.8 Å². The molecule has 1 N–H and O–H groups in total. The summed E-state index contributed by atoms with van der Waals surface area (Å²) in [5.41, 5.74) is 1.15. The maximum Gasteiger partial charge on any atom is 0.195 e. The molecule has 0 heterocycles. The summed E-state index contributed by atoms with van der Waals surface area (Å²) in [5.74, 6) is -0.271. The third kappa shape index (κ3) is 11.6. The Hall–Kier alpha value is -1.97. The molecule has 2 aromatic rings. The summed E-state index contributed by atoms with van der Waals surface area (Å²) in [6.45, 7) is 6.44. The van der Waals surface area contributed by atoms with E-state index in [1.54, 1.807) is 48.5 Å². The molecule has 2 rings (SSSR count). The molecule has 0 aromatic heterocycles. The molecule has 0 saturated carbocycles. The standard InChI is InChI=1S/C14H12O2.C12H26O/c15-13(11-7-3-1-4-8-11)14(16)12-9-5-2-6-10-12;1-3-5-7-9-11-13-12-10-8-6-4-2/h1-10,13,15H;3-12H2,1-2H3. The summed E-state index contributed by atoms with van der Waals surface area (Å²) < 4.78 is 5.53. The Morgan fingerprint density at radius 2 is 1.24 bits per heavy atom. The molecule has 0 radical (unpaired) electrons. The van der Waals surface area contributed by atoms with Crippen LogP contribution >= 0.6 is 0 Å². The maximum atomic E-state index is 11.9. The molecule has 2 aromatic carbocycles. The zero-order chi connectivity index (χ0) is 21.2. The topological polar surface area (TPSA) is 46.5 Å². The quantitative estimate of drug-likeness (QED) is 0.299. The van der Waals surface area contributed by atoms with E-state index >= 15 is 0 Å². The van der Waals surface area contributed by atoms with Crippen molar-refractivity contribution in [3.8, 4) is 0 Å². The van der Waals surface area contributed by atoms with Crippen molar-refractivity contribution in [1.29, 1.82) is 0 Å². The van der Waals surface area contributed by atoms with E-state index in [0.29, 0.717) is 11.1 Å². The van der Waals surface area contributed by atoms with Crippen LogP contribution in [0.1, 0.15) is 87.2 Å². The second kappa shape index (κ2) is 16.9. The third-order valence-electron chi connectivity index (χ3n) is 4.71. The van der Waals surface area contributed by atoms with Gasteiger partial charge in [0.1, 0.15) is 6.10 Å². The minimum Gasteiger partial charge on any atom is -0.381 e. The first-order valence-corrected chi connectivity index (χ1v) is 11.1. The van der Waals surface area contributed by atoms with Crippen molar-refractivity contribution in [2.75, 3.05) is 13.2 Å². The van der Waals surface area contributed by atoms with Crippen LogP contribution in [0.5, 0.6) is 0 Å². The van der Waals surface area contributed by atoms with Crippen LogP contribution in [0.4, 0.5) is 0 Å². The number of ketones is 1. The van der Waals surface area contributed by atoms with E-state index in [-0.39, 0.29) is 5.78 Å². The summed E-state index contributed by atoms with van der Waals surface area (Å²) in [4.78, 5) is 11.9. The third-order valence-corrected chi connectivity index (χ3v) is 4.71. The van der Waals surface area contributed by atoms with Crippen molar-refractivity contribution >= 4 is 5.78 Å². The molecule has 0 aliphatic rings. The molecule has 3 nitrogen and oxygen atoms in total. The largest absolute Gasteiger partial charge is 0.381 e. The first kappa shape index (κ1) is 25.1. The number of carbonyl (C=O) groups is 1. The molecule has 1 atom stereocenters. The number of ether oxygens (including phenoxy) is 1. The van der Waals surface area contributed by atoms with Crippen LogP contribution in [0.25, 0.3) is 0 Å². The van der Waals surface area contributed by atoms with Gasteiger partial charge in [0.15, 0.2) is 5.78 Å². The highest BCUT2D eigenvalue weighted by Crippen LogP contribution is 2.17. The summed E-state index contributed by atoms with van der Waals surface area (Å²) in [6.07, 6.45) is 9.45. The van der Waals surface area contributed by atoms with Gasteiger partial charge in [-0.05, 0) is 18.4 Å². The molecule has 160 valence electrons. The summed E-state index contributed by atoms with van der Waals surface area (Å²) in [7, 11) is 0. The smallest absolute Gasteiger partial charge is 0.195 e. The predicted octanol–water partition coefficient (Wildman–Crippen LogP) is 6.77. The fraction of sp³-hybridized carbons (Fsp3) is 0.500. The molecule has 1 unspecified atom stereocenters. The molecule has 0 aliphatic heterocycles. The van der Waals surface area contributed by atoms with Crippen molar-refractivity contribution < 1.29 is 14.6 Å². The van der Waals surface area contributed by atoms with Crippen molar-refractivity contribution in [2.24, 2.45) is 0 Å². The van der Waals surface area contributed by atoms with E-state index in [1.807, 2.05) is 12.1 Å². The van der Waals surface area contributed by atoms with Gasteiger partial charge in [0.05, 0.1) is 0 Å². The SMILES string of the molecule is CCCCCCOCCCCCC.O=C(c1ccccc1)C(O)c1ccccc1. The van der Waals surface area contributed by atoms with Crippen LogP contribution in [0.2, 0.25) is 0 Å². The van der Waals surface area contributed by atoms with Crippen molar-refractivity contribution in [1.82, 2.24) is 0 Å². The fourth-order valence-electron chi connectivity index (χ4n) is 2.91. The van der Waals surface area contributed by atoms with Crippen LogP contribution < -0.4 is 0 Å². The van der Waals surface area contributed by atoms with Gasteiger partial charge in [-0.25, -0.2) is 0 Å². The van der Waals surface area contributed by atoms with E-state index in [4.69, 9.17) is 4.74 Å². The normalized spacial score (nSPS) is 11.4. The van der Waals surface area contributed by atoms with Gasteiger partial charge >= 0.3 is 0 Å². The Bertz CT molecular complexity index is 615. The van der Waals surface area contributed by atoms with E-state index in [1.165, 1.54) is 51.4 Å². The van der Waals surface area contributed by atoms with Gasteiger partial charge in [-0.1, -0.05) is 113 Å². The highest BCUT2D eigenvalue weighted by atomic mass is 16.5. The lowest BCUT2D eigenvalue weighted by atomic mass is 10.0. The summed E-state index contributed by atoms with van der Waals surface area (Å²) in [5, 5.41) is 9.89. The van der Waals surface area contributed by atoms with Gasteiger partial charge in [-0.15, -0.1) is 0 Å². The molecule has 0 amide bonds. The lowest BCUT2D eigenvalue weighted by Crippen LogP contribution is -2.11. The van der Waals surface area contributed by atoms with E-state index in [9.17, 15) is 9.90 Å². The average Bonchev–Trinajstić information content (AvgIpc) is 2.78. The van der Waals surface area contributed by atoms with Gasteiger partial charge in [0.2, 0.25) is 0 Å². The molecular formula is C26H38O3. The number of hydrogen-bond donors (Lipinski definition) is 1. The Morgan fingerprint density at radius 1 is 0.759 bits per heavy atom. The Morgan fingerprint density at radius 3 is 1.72 bits per heavy atom. The summed E-state index contributed by atoms with van der Waals surface area (Å²) in [6, 6.07) is 17.7. The van der Waals surface area contributed by atoms with Crippen LogP contribution in [-0.4, -0.2) is 24.1 Å². The van der Waals surface area contributed by atoms with Crippen LogP contribution in [-0.2, 0) is 4.74 Å². The second-order valence-electron chi connectivity index (χ2n) is 7.28. The lowest BCUT2D eigenvalue weighted by Gasteiger charge is -2.09. The number of Topliss-reactive ketones (excluding diaryl/α,β-unsaturated/α-hetero) is 1. The Kier molecular flexibility index (Phi) is 14.6. The number of benzene rings is 2. The molecule has 0 aliphatic carbocycles. The second-order valence-corrected chi connectivity index (χ2v) is 7.28. The molecule has 0 bridgehead atoms. The molecule has 0 spiro atoms. The molecule has 29 heavy (non-hydrogen) atoms. The first-order valence-electron chi connectivity index (χ1n) is 11.1. The first-order chi connectivity index (χ1) is 14.2. The zero-order valence-electron chi connectivity index (χ0n) is 18.2. The number of unbranched alkanes of at least 4 members (excludes halogenated alkanes) is 6. The van der Waals surface area contributed by atoms with Gasteiger partial charge in [-0.2, -0.15) is 0 Å². The number of carbonyl (C=O) groups excluding carboxylic acids is 1. The maximum absolute atomic E-state index is 11.9. The van der Waals surface area contributed by atoms with E-state index in [0.717, 1.165) is 13.2 Å². The zero-order valence-corrected chi connectivity index (χ0v) is 18.2. The number of rotatable bonds is 13. The molecule has 3 heteroatoms. The van der Waals surface area contributed by atoms with Gasteiger partial charge in [-0.3, -0.25) is 4.79 Å². The highest BCUT2D eigenvalue weighted by molar-refractivity contribution is 5.99. The van der Waals surface area contributed by atoms with Crippen LogP contribution in [0.15, 0.2) is 60.7 Å². The van der Waals surface area contributed by atoms with Crippen molar-refractivity contribution in [3.63, 3.8) is 0 Å². The highest BCUT2D eigenvalue weighted by Gasteiger charge is 2.18. The minimum atomic E-state index is -1.08. The monoisotopic (exact) mass is 398 g/mol. The van der Waals surface area contributed by atoms with Crippen LogP contribution in [0.3, 0.4) is 0 Å². The van der Waals surface area contributed by atoms with Gasteiger partial charge < -0.3 is 9.84 Å². The van der Waals surface area contributed by atoms with E-state index < -0.39 is 6.10 Å². The number of aliphatic hydroxyl groups excluding tert-OH is 1. The average molecular weight is 399 g/mol. The van der Waals surface area contributed by atoms with Gasteiger partial charge in [0, 0.05) is 18.8 Å². The number of aliphatic hydroxyl groups is 1. The Labute approximate surface area is 177 Å². The number of hydrogen-bond acceptors (Lipinski definition) is 3. The fourth-order valence-corrected chi connectivity index (χ4v) is 2.91. The summed E-state index contributed by atoms with van der Waals surface area (Å²) >= 11 is 0. The minimum absolute atomic E-state index is 0.271. The predicted molar refractivity (Wildman–Crippen MR) is 121 cm³/mol.